The predicted molar refractivity (Wildman–Crippen MR) is 141 cm³/mol. The molecule has 0 radical (unpaired) electrons. The van der Waals surface area contributed by atoms with Crippen molar-refractivity contribution in [2.24, 2.45) is 5.92 Å². The minimum Gasteiger partial charge on any atom is -0.356 e. The Kier molecular flexibility index (Phi) is 7.54. The average Bonchev–Trinajstić information content (AvgIpc) is 3.43. The quantitative estimate of drug-likeness (QED) is 0.387. The van der Waals surface area contributed by atoms with E-state index in [1.807, 2.05) is 19.1 Å². The number of hydrogen-bond donors (Lipinski definition) is 0. The second-order valence-corrected chi connectivity index (χ2v) is 10.6. The number of rotatable bonds is 8. The summed E-state index contributed by atoms with van der Waals surface area (Å²) in [5.74, 6) is 1.01. The lowest BCUT2D eigenvalue weighted by Gasteiger charge is -2.22. The first-order valence-corrected chi connectivity index (χ1v) is 13.2. The zero-order chi connectivity index (χ0) is 23.5. The van der Waals surface area contributed by atoms with Crippen molar-refractivity contribution in [3.05, 3.63) is 44.7 Å². The molecule has 0 aromatic carbocycles. The van der Waals surface area contributed by atoms with E-state index >= 15 is 0 Å². The summed E-state index contributed by atoms with van der Waals surface area (Å²) in [6.45, 7) is 8.69. The summed E-state index contributed by atoms with van der Waals surface area (Å²) in [6, 6.07) is 3.81. The fourth-order valence-corrected chi connectivity index (χ4v) is 5.82. The van der Waals surface area contributed by atoms with E-state index in [9.17, 15) is 9.59 Å². The number of thioether (sulfide) groups is 1. The van der Waals surface area contributed by atoms with Crippen LogP contribution in [0.5, 0.6) is 0 Å². The lowest BCUT2D eigenvalue weighted by Crippen LogP contribution is -2.33. The van der Waals surface area contributed by atoms with Crippen molar-refractivity contribution in [1.29, 1.82) is 0 Å². The van der Waals surface area contributed by atoms with Gasteiger partial charge in [0.2, 0.25) is 0 Å². The molecule has 33 heavy (non-hydrogen) atoms. The van der Waals surface area contributed by atoms with Crippen LogP contribution in [0.15, 0.2) is 28.0 Å². The Morgan fingerprint density at radius 1 is 1.24 bits per heavy atom. The number of anilines is 1. The fourth-order valence-electron chi connectivity index (χ4n) is 4.56. The predicted octanol–water partition coefficient (Wildman–Crippen LogP) is 5.02. The Morgan fingerprint density at radius 3 is 2.70 bits per heavy atom. The van der Waals surface area contributed by atoms with Gasteiger partial charge >= 0.3 is 0 Å². The first-order chi connectivity index (χ1) is 15.9. The molecule has 2 aliphatic heterocycles. The molecule has 2 fully saturated rings. The van der Waals surface area contributed by atoms with E-state index in [0.717, 1.165) is 57.2 Å². The normalized spacial score (nSPS) is 18.8. The number of amides is 1. The second kappa shape index (κ2) is 10.4. The Bertz CT molecular complexity index is 1150. The lowest BCUT2D eigenvalue weighted by molar-refractivity contribution is -0.122. The smallest absolute Gasteiger partial charge is 0.267 e. The van der Waals surface area contributed by atoms with Gasteiger partial charge in [-0.1, -0.05) is 63.2 Å². The van der Waals surface area contributed by atoms with Crippen molar-refractivity contribution in [3.63, 3.8) is 0 Å². The molecule has 8 heteroatoms. The summed E-state index contributed by atoms with van der Waals surface area (Å²) >= 11 is 6.87. The molecular formula is C25H32N4O2S2. The molecule has 4 rings (SSSR count). The summed E-state index contributed by atoms with van der Waals surface area (Å²) in [7, 11) is 0. The highest BCUT2D eigenvalue weighted by atomic mass is 32.2. The van der Waals surface area contributed by atoms with E-state index in [2.05, 4.69) is 18.7 Å². The standard InChI is InChI=1S/C25H32N4O2S2/c1-4-6-11-18(5-2)16-29-24(31)20(33-25(29)32)15-19-22(27-12-7-8-13-27)26-21-17(3)10-9-14-28(21)23(19)30/h9-10,14-15,18H,4-8,11-13,16H2,1-3H3/b20-15+. The Labute approximate surface area is 205 Å². The van der Waals surface area contributed by atoms with E-state index in [4.69, 9.17) is 17.2 Å². The summed E-state index contributed by atoms with van der Waals surface area (Å²) in [5.41, 5.74) is 1.94. The first kappa shape index (κ1) is 24.0. The number of aryl methyl sites for hydroxylation is 1. The zero-order valence-electron chi connectivity index (χ0n) is 19.7. The number of aromatic nitrogens is 2. The highest BCUT2D eigenvalue weighted by Crippen LogP contribution is 2.35. The van der Waals surface area contributed by atoms with Crippen molar-refractivity contribution < 1.29 is 4.79 Å². The van der Waals surface area contributed by atoms with E-state index in [1.54, 1.807) is 21.6 Å². The van der Waals surface area contributed by atoms with Crippen LogP contribution in [0.2, 0.25) is 0 Å². The molecule has 1 unspecified atom stereocenters. The second-order valence-electron chi connectivity index (χ2n) is 8.94. The van der Waals surface area contributed by atoms with E-state index < -0.39 is 0 Å². The van der Waals surface area contributed by atoms with Crippen molar-refractivity contribution >= 4 is 51.7 Å². The molecule has 2 aromatic heterocycles. The number of fused-ring (bicyclic) bond motifs is 1. The molecule has 0 aliphatic carbocycles. The number of pyridine rings is 1. The maximum absolute atomic E-state index is 13.5. The van der Waals surface area contributed by atoms with Crippen LogP contribution in [-0.2, 0) is 4.79 Å². The number of nitrogens with zero attached hydrogens (tertiary/aromatic N) is 4. The molecule has 0 spiro atoms. The van der Waals surface area contributed by atoms with E-state index in [-0.39, 0.29) is 11.5 Å². The van der Waals surface area contributed by atoms with Crippen molar-refractivity contribution in [2.45, 2.75) is 59.3 Å². The SMILES string of the molecule is CCCCC(CC)CN1C(=O)/C(=C\c2c(N3CCCC3)nc3c(C)cccn3c2=O)SC1=S. The van der Waals surface area contributed by atoms with Gasteiger partial charge in [0, 0.05) is 25.8 Å². The molecule has 2 saturated heterocycles. The van der Waals surface area contributed by atoms with Gasteiger partial charge in [-0.05, 0) is 49.8 Å². The Morgan fingerprint density at radius 2 is 2.00 bits per heavy atom. The molecule has 176 valence electrons. The number of carbonyl (C=O) groups is 1. The monoisotopic (exact) mass is 484 g/mol. The van der Waals surface area contributed by atoms with Gasteiger partial charge in [0.25, 0.3) is 11.5 Å². The van der Waals surface area contributed by atoms with Gasteiger partial charge in [-0.3, -0.25) is 18.9 Å². The molecule has 0 saturated carbocycles. The van der Waals surface area contributed by atoms with Crippen LogP contribution in [0.4, 0.5) is 5.82 Å². The third kappa shape index (κ3) is 4.87. The van der Waals surface area contributed by atoms with Gasteiger partial charge in [-0.25, -0.2) is 4.98 Å². The van der Waals surface area contributed by atoms with Crippen LogP contribution in [0.3, 0.4) is 0 Å². The van der Waals surface area contributed by atoms with Crippen molar-refractivity contribution in [1.82, 2.24) is 14.3 Å². The number of thiocarbonyl (C=S) groups is 1. The summed E-state index contributed by atoms with van der Waals surface area (Å²) in [5, 5.41) is 0. The maximum Gasteiger partial charge on any atom is 0.267 e. The molecule has 4 heterocycles. The third-order valence-electron chi connectivity index (χ3n) is 6.60. The maximum atomic E-state index is 13.5. The first-order valence-electron chi connectivity index (χ1n) is 12.0. The molecule has 0 N–H and O–H groups in total. The van der Waals surface area contributed by atoms with Gasteiger partial charge < -0.3 is 4.90 Å². The summed E-state index contributed by atoms with van der Waals surface area (Å²) in [6.07, 6.45) is 10.0. The minimum absolute atomic E-state index is 0.0962. The summed E-state index contributed by atoms with van der Waals surface area (Å²) < 4.78 is 2.16. The molecule has 2 aliphatic rings. The number of hydrogen-bond acceptors (Lipinski definition) is 6. The summed E-state index contributed by atoms with van der Waals surface area (Å²) in [4.78, 5) is 36.2. The van der Waals surface area contributed by atoms with Crippen LogP contribution in [0.1, 0.15) is 63.5 Å². The van der Waals surface area contributed by atoms with E-state index in [0.29, 0.717) is 38.7 Å². The van der Waals surface area contributed by atoms with Crippen LogP contribution in [0.25, 0.3) is 11.7 Å². The van der Waals surface area contributed by atoms with Crippen LogP contribution < -0.4 is 10.5 Å². The third-order valence-corrected chi connectivity index (χ3v) is 7.98. The molecule has 6 nitrogen and oxygen atoms in total. The van der Waals surface area contributed by atoms with Gasteiger partial charge in [-0.15, -0.1) is 0 Å². The van der Waals surface area contributed by atoms with Crippen molar-refractivity contribution in [2.75, 3.05) is 24.5 Å². The Balaban J connectivity index is 1.73. The molecule has 2 aromatic rings. The molecule has 1 atom stereocenters. The lowest BCUT2D eigenvalue weighted by atomic mass is 9.99. The van der Waals surface area contributed by atoms with Crippen molar-refractivity contribution in [3.8, 4) is 0 Å². The van der Waals surface area contributed by atoms with Crippen LogP contribution in [0, 0.1) is 12.8 Å². The zero-order valence-corrected chi connectivity index (χ0v) is 21.3. The average molecular weight is 485 g/mol. The van der Waals surface area contributed by atoms with Gasteiger partial charge in [-0.2, -0.15) is 0 Å². The van der Waals surface area contributed by atoms with Crippen LogP contribution >= 0.6 is 24.0 Å². The Hall–Kier alpha value is -2.19. The van der Waals surface area contributed by atoms with Gasteiger partial charge in [0.15, 0.2) is 0 Å². The largest absolute Gasteiger partial charge is 0.356 e. The highest BCUT2D eigenvalue weighted by molar-refractivity contribution is 8.26. The minimum atomic E-state index is -0.148. The molecule has 1 amide bonds. The van der Waals surface area contributed by atoms with Gasteiger partial charge in [0.05, 0.1) is 10.5 Å². The molecule has 0 bridgehead atoms. The fraction of sp³-hybridized carbons (Fsp3) is 0.520. The van der Waals surface area contributed by atoms with Gasteiger partial charge in [0.1, 0.15) is 15.8 Å². The topological polar surface area (TPSA) is 57.9 Å². The number of carbonyl (C=O) groups excluding carboxylic acids is 1. The number of unbranched alkanes of at least 4 members (excludes halogenated alkanes) is 1. The van der Waals surface area contributed by atoms with E-state index in [1.165, 1.54) is 11.8 Å². The highest BCUT2D eigenvalue weighted by Gasteiger charge is 2.34. The molecular weight excluding hydrogens is 452 g/mol. The van der Waals surface area contributed by atoms with Crippen LogP contribution in [-0.4, -0.2) is 44.1 Å².